The average Bonchev–Trinajstić information content (AvgIpc) is 2.17. The number of hydrogen-bond donors (Lipinski definition) is 0. The number of Topliss-reactive ketones (excluding diaryl/α,β-unsaturated/α-hetero) is 1. The van der Waals surface area contributed by atoms with E-state index in [0.717, 1.165) is 19.3 Å². The Hall–Kier alpha value is -0.840. The molecule has 0 aromatic heterocycles. The van der Waals surface area contributed by atoms with Gasteiger partial charge in [-0.25, -0.2) is 0 Å². The van der Waals surface area contributed by atoms with Crippen LogP contribution in [0.25, 0.3) is 0 Å². The van der Waals surface area contributed by atoms with Gasteiger partial charge in [-0.1, -0.05) is 12.8 Å². The minimum atomic E-state index is -0.256. The quantitative estimate of drug-likeness (QED) is 0.570. The third kappa shape index (κ3) is 1.37. The Balaban J connectivity index is 2.22. The Morgan fingerprint density at radius 2 is 2.23 bits per heavy atom. The second-order valence-corrected chi connectivity index (χ2v) is 4.46. The van der Waals surface area contributed by atoms with Crippen LogP contribution in [0.4, 0.5) is 0 Å². The van der Waals surface area contributed by atoms with Crippen molar-refractivity contribution >= 4 is 5.78 Å². The molecule has 0 heterocycles. The molecule has 2 fully saturated rings. The Kier molecular flexibility index (Phi) is 2.11. The first-order valence-corrected chi connectivity index (χ1v) is 5.20. The van der Waals surface area contributed by atoms with Gasteiger partial charge in [-0.2, -0.15) is 5.26 Å². The molecular formula is C11H15NO. The molecule has 2 aliphatic carbocycles. The van der Waals surface area contributed by atoms with Gasteiger partial charge in [0.1, 0.15) is 5.78 Å². The van der Waals surface area contributed by atoms with Crippen molar-refractivity contribution in [1.29, 1.82) is 5.26 Å². The highest BCUT2D eigenvalue weighted by Crippen LogP contribution is 2.48. The van der Waals surface area contributed by atoms with Gasteiger partial charge in [-0.15, -0.1) is 0 Å². The van der Waals surface area contributed by atoms with Crippen molar-refractivity contribution in [3.05, 3.63) is 0 Å². The molecule has 0 aliphatic heterocycles. The predicted molar refractivity (Wildman–Crippen MR) is 48.9 cm³/mol. The van der Waals surface area contributed by atoms with Crippen molar-refractivity contribution in [3.63, 3.8) is 0 Å². The molecule has 0 saturated heterocycles. The van der Waals surface area contributed by atoms with Crippen molar-refractivity contribution < 1.29 is 4.79 Å². The van der Waals surface area contributed by atoms with E-state index in [1.807, 2.05) is 0 Å². The van der Waals surface area contributed by atoms with Gasteiger partial charge >= 0.3 is 0 Å². The summed E-state index contributed by atoms with van der Waals surface area (Å²) in [6.07, 6.45) is 6.73. The van der Waals surface area contributed by atoms with E-state index in [1.165, 1.54) is 12.8 Å². The smallest absolute Gasteiger partial charge is 0.134 e. The first-order valence-electron chi connectivity index (χ1n) is 5.20. The molecule has 0 unspecified atom stereocenters. The zero-order valence-corrected chi connectivity index (χ0v) is 7.88. The molecule has 0 aromatic rings. The van der Waals surface area contributed by atoms with Crippen LogP contribution in [0.3, 0.4) is 0 Å². The molecule has 70 valence electrons. The summed E-state index contributed by atoms with van der Waals surface area (Å²) >= 11 is 0. The summed E-state index contributed by atoms with van der Waals surface area (Å²) in [4.78, 5) is 11.3. The molecule has 0 N–H and O–H groups in total. The van der Waals surface area contributed by atoms with Gasteiger partial charge in [0.25, 0.3) is 0 Å². The number of carbonyl (C=O) groups is 1. The lowest BCUT2D eigenvalue weighted by Crippen LogP contribution is -2.38. The molecule has 0 bridgehead atoms. The Morgan fingerprint density at radius 3 is 3.00 bits per heavy atom. The minimum Gasteiger partial charge on any atom is -0.300 e. The molecule has 0 aromatic carbocycles. The number of hydrogen-bond acceptors (Lipinski definition) is 2. The van der Waals surface area contributed by atoms with E-state index in [2.05, 4.69) is 6.07 Å². The van der Waals surface area contributed by atoms with Crippen LogP contribution >= 0.6 is 0 Å². The largest absolute Gasteiger partial charge is 0.300 e. The summed E-state index contributed by atoms with van der Waals surface area (Å²) in [5, 5.41) is 9.19. The first kappa shape index (κ1) is 8.74. The van der Waals surface area contributed by atoms with E-state index in [9.17, 15) is 10.1 Å². The van der Waals surface area contributed by atoms with Crippen molar-refractivity contribution in [2.24, 2.45) is 11.3 Å². The van der Waals surface area contributed by atoms with Gasteiger partial charge in [0.15, 0.2) is 0 Å². The first-order chi connectivity index (χ1) is 6.27. The number of nitriles is 1. The number of fused-ring (bicyclic) bond motifs is 1. The lowest BCUT2D eigenvalue weighted by molar-refractivity contribution is -0.125. The molecule has 0 spiro atoms. The van der Waals surface area contributed by atoms with E-state index in [0.29, 0.717) is 24.5 Å². The van der Waals surface area contributed by atoms with Crippen molar-refractivity contribution in [2.45, 2.75) is 44.9 Å². The van der Waals surface area contributed by atoms with E-state index in [4.69, 9.17) is 0 Å². The summed E-state index contributed by atoms with van der Waals surface area (Å²) in [5.74, 6) is 0.823. The summed E-state index contributed by atoms with van der Waals surface area (Å²) in [6.45, 7) is 0. The highest BCUT2D eigenvalue weighted by Gasteiger charge is 2.45. The van der Waals surface area contributed by atoms with E-state index < -0.39 is 0 Å². The highest BCUT2D eigenvalue weighted by molar-refractivity contribution is 5.80. The van der Waals surface area contributed by atoms with E-state index in [1.54, 1.807) is 0 Å². The van der Waals surface area contributed by atoms with Gasteiger partial charge in [0, 0.05) is 12.8 Å². The van der Waals surface area contributed by atoms with E-state index in [-0.39, 0.29) is 5.41 Å². The topological polar surface area (TPSA) is 40.9 Å². The van der Waals surface area contributed by atoms with E-state index >= 15 is 0 Å². The van der Waals surface area contributed by atoms with Crippen molar-refractivity contribution in [3.8, 4) is 6.07 Å². The Morgan fingerprint density at radius 1 is 1.38 bits per heavy atom. The van der Waals surface area contributed by atoms with Gasteiger partial charge in [0.2, 0.25) is 0 Å². The van der Waals surface area contributed by atoms with Gasteiger partial charge in [-0.3, -0.25) is 4.79 Å². The molecule has 2 nitrogen and oxygen atoms in total. The van der Waals surface area contributed by atoms with Gasteiger partial charge in [-0.05, 0) is 25.2 Å². The Labute approximate surface area is 78.9 Å². The second-order valence-electron chi connectivity index (χ2n) is 4.46. The zero-order valence-electron chi connectivity index (χ0n) is 7.88. The third-order valence-corrected chi connectivity index (χ3v) is 3.71. The summed E-state index contributed by atoms with van der Waals surface area (Å²) in [6, 6.07) is 2.43. The standard InChI is InChI=1S/C11H15NO/c12-8-11-6-2-1-3-9(11)4-5-10(13)7-11/h9H,1-7H2/t9-,11+/m0/s1. The molecule has 2 aliphatic rings. The zero-order chi connectivity index (χ0) is 9.31. The Bertz CT molecular complexity index is 266. The molecule has 13 heavy (non-hydrogen) atoms. The average molecular weight is 177 g/mol. The number of ketones is 1. The van der Waals surface area contributed by atoms with Gasteiger partial charge in [0.05, 0.1) is 11.5 Å². The summed E-state index contributed by atoms with van der Waals surface area (Å²) in [7, 11) is 0. The SMILES string of the molecule is N#C[C@]12CCCC[C@H]1CCC(=O)C2. The molecule has 2 heteroatoms. The molecular weight excluding hydrogens is 162 g/mol. The third-order valence-electron chi connectivity index (χ3n) is 3.71. The maximum atomic E-state index is 11.3. The van der Waals surface area contributed by atoms with Crippen molar-refractivity contribution in [1.82, 2.24) is 0 Å². The maximum Gasteiger partial charge on any atom is 0.134 e. The summed E-state index contributed by atoms with van der Waals surface area (Å²) < 4.78 is 0. The molecule has 2 atom stereocenters. The van der Waals surface area contributed by atoms with Crippen LogP contribution in [0, 0.1) is 22.7 Å². The normalized spacial score (nSPS) is 39.3. The van der Waals surface area contributed by atoms with Gasteiger partial charge < -0.3 is 0 Å². The second kappa shape index (κ2) is 3.14. The number of nitrogens with zero attached hydrogens (tertiary/aromatic N) is 1. The number of carbonyl (C=O) groups excluding carboxylic acids is 1. The van der Waals surface area contributed by atoms with Crippen LogP contribution in [-0.2, 0) is 4.79 Å². The van der Waals surface area contributed by atoms with Crippen LogP contribution < -0.4 is 0 Å². The molecule has 2 saturated carbocycles. The fraction of sp³-hybridized carbons (Fsp3) is 0.818. The minimum absolute atomic E-state index is 0.256. The fourth-order valence-electron chi connectivity index (χ4n) is 2.93. The fourth-order valence-corrected chi connectivity index (χ4v) is 2.93. The predicted octanol–water partition coefficient (Wildman–Crippen LogP) is 2.44. The van der Waals surface area contributed by atoms with Crippen LogP contribution in [0.15, 0.2) is 0 Å². The van der Waals surface area contributed by atoms with Crippen LogP contribution in [0.5, 0.6) is 0 Å². The lowest BCUT2D eigenvalue weighted by atomic mass is 9.60. The number of rotatable bonds is 0. The van der Waals surface area contributed by atoms with Crippen LogP contribution in [0.2, 0.25) is 0 Å². The summed E-state index contributed by atoms with van der Waals surface area (Å²) in [5.41, 5.74) is -0.256. The molecule has 0 radical (unpaired) electrons. The molecule has 0 amide bonds. The lowest BCUT2D eigenvalue weighted by Gasteiger charge is -2.41. The maximum absolute atomic E-state index is 11.3. The highest BCUT2D eigenvalue weighted by atomic mass is 16.1. The van der Waals surface area contributed by atoms with Crippen LogP contribution in [0.1, 0.15) is 44.9 Å². The van der Waals surface area contributed by atoms with Crippen molar-refractivity contribution in [2.75, 3.05) is 0 Å². The van der Waals surface area contributed by atoms with Crippen LogP contribution in [-0.4, -0.2) is 5.78 Å². The monoisotopic (exact) mass is 177 g/mol. The molecule has 2 rings (SSSR count).